The first kappa shape index (κ1) is 28.1. The Labute approximate surface area is 233 Å². The van der Waals surface area contributed by atoms with Crippen LogP contribution >= 0.6 is 0 Å². The number of alkyl halides is 3. The quantitative estimate of drug-likeness (QED) is 0.290. The molecule has 13 heteroatoms. The number of rotatable bonds is 8. The van der Waals surface area contributed by atoms with Crippen LogP contribution < -0.4 is 15.5 Å². The molecule has 2 aromatic heterocycles. The van der Waals surface area contributed by atoms with Gasteiger partial charge in [-0.15, -0.1) is 0 Å². The minimum Gasteiger partial charge on any atom is -0.392 e. The molecule has 1 aliphatic rings. The third kappa shape index (κ3) is 6.64. The van der Waals surface area contributed by atoms with Crippen molar-refractivity contribution in [3.8, 4) is 17.2 Å². The van der Waals surface area contributed by atoms with Crippen molar-refractivity contribution in [2.45, 2.75) is 19.2 Å². The number of hydrogen-bond donors (Lipinski definition) is 3. The number of benzene rings is 2. The standard InChI is InChI=1S/C28H28F3N7O3/c1-18(39)17-34-27-33-8-7-24(36-27)38-10-9-32-25(38)19-3-2-4-21(15-19)35-26(40)20-5-6-23(22(16-20)28(29,30)31)37-11-13-41-14-12-37/h2-10,15-16,18,39H,11-14,17H2,1H3,(H,35,40)(H,33,34,36). The van der Waals surface area contributed by atoms with E-state index in [1.807, 2.05) is 0 Å². The molecule has 214 valence electrons. The van der Waals surface area contributed by atoms with Crippen LogP contribution in [0.2, 0.25) is 0 Å². The molecule has 5 rings (SSSR count). The monoisotopic (exact) mass is 567 g/mol. The van der Waals surface area contributed by atoms with Gasteiger partial charge in [-0.25, -0.2) is 9.97 Å². The number of amides is 1. The van der Waals surface area contributed by atoms with Crippen LogP contribution in [-0.4, -0.2) is 69.5 Å². The number of hydrogen-bond acceptors (Lipinski definition) is 8. The molecule has 1 atom stereocenters. The predicted octanol–water partition coefficient (Wildman–Crippen LogP) is 4.23. The lowest BCUT2D eigenvalue weighted by molar-refractivity contribution is -0.137. The Hall–Kier alpha value is -4.49. The van der Waals surface area contributed by atoms with Crippen molar-refractivity contribution in [3.63, 3.8) is 0 Å². The molecule has 3 heterocycles. The molecule has 10 nitrogen and oxygen atoms in total. The van der Waals surface area contributed by atoms with Gasteiger partial charge in [0.1, 0.15) is 11.6 Å². The van der Waals surface area contributed by atoms with E-state index in [1.165, 1.54) is 12.1 Å². The second-order valence-corrected chi connectivity index (χ2v) is 9.45. The Kier molecular flexibility index (Phi) is 8.17. The van der Waals surface area contributed by atoms with Crippen molar-refractivity contribution in [1.82, 2.24) is 19.5 Å². The second-order valence-electron chi connectivity index (χ2n) is 9.45. The van der Waals surface area contributed by atoms with Gasteiger partial charge in [0, 0.05) is 60.7 Å². The van der Waals surface area contributed by atoms with Gasteiger partial charge in [-0.1, -0.05) is 12.1 Å². The van der Waals surface area contributed by atoms with Gasteiger partial charge < -0.3 is 25.4 Å². The van der Waals surface area contributed by atoms with E-state index in [4.69, 9.17) is 4.74 Å². The zero-order valence-electron chi connectivity index (χ0n) is 22.1. The number of ether oxygens (including phenoxy) is 1. The molecule has 4 aromatic rings. The van der Waals surface area contributed by atoms with E-state index in [1.54, 1.807) is 65.3 Å². The Morgan fingerprint density at radius 3 is 2.66 bits per heavy atom. The van der Waals surface area contributed by atoms with Crippen LogP contribution in [0.3, 0.4) is 0 Å². The van der Waals surface area contributed by atoms with Crippen molar-refractivity contribution in [3.05, 3.63) is 78.2 Å². The topological polar surface area (TPSA) is 117 Å². The Bertz CT molecular complexity index is 1520. The third-order valence-corrected chi connectivity index (χ3v) is 6.38. The van der Waals surface area contributed by atoms with Crippen LogP contribution in [0.5, 0.6) is 0 Å². The van der Waals surface area contributed by atoms with Gasteiger partial charge in [0.05, 0.1) is 24.9 Å². The molecule has 1 saturated heterocycles. The normalized spacial score (nSPS) is 14.5. The van der Waals surface area contributed by atoms with E-state index in [0.717, 1.165) is 6.07 Å². The fraction of sp³-hybridized carbons (Fsp3) is 0.286. The highest BCUT2D eigenvalue weighted by Gasteiger charge is 2.36. The average molecular weight is 568 g/mol. The number of aliphatic hydroxyl groups is 1. The lowest BCUT2D eigenvalue weighted by atomic mass is 10.1. The first-order valence-corrected chi connectivity index (χ1v) is 12.9. The molecule has 1 unspecified atom stereocenters. The molecule has 1 aliphatic heterocycles. The molecule has 0 saturated carbocycles. The average Bonchev–Trinajstić information content (AvgIpc) is 3.46. The number of anilines is 3. The Morgan fingerprint density at radius 1 is 1.10 bits per heavy atom. The van der Waals surface area contributed by atoms with Gasteiger partial charge in [0.15, 0.2) is 0 Å². The molecule has 0 spiro atoms. The van der Waals surface area contributed by atoms with E-state index in [0.29, 0.717) is 55.1 Å². The number of aromatic nitrogens is 4. The van der Waals surface area contributed by atoms with Crippen LogP contribution in [0, 0.1) is 0 Å². The van der Waals surface area contributed by atoms with Crippen molar-refractivity contribution < 1.29 is 27.8 Å². The molecule has 1 amide bonds. The van der Waals surface area contributed by atoms with Gasteiger partial charge in [0.2, 0.25) is 5.95 Å². The van der Waals surface area contributed by atoms with Crippen LogP contribution in [0.25, 0.3) is 17.2 Å². The minimum atomic E-state index is -4.63. The Morgan fingerprint density at radius 2 is 1.90 bits per heavy atom. The van der Waals surface area contributed by atoms with Crippen molar-refractivity contribution in [1.29, 1.82) is 0 Å². The molecule has 0 radical (unpaired) electrons. The number of nitrogens with one attached hydrogen (secondary N) is 2. The number of halogens is 3. The number of imidazole rings is 1. The van der Waals surface area contributed by atoms with Gasteiger partial charge in [-0.3, -0.25) is 9.36 Å². The lowest BCUT2D eigenvalue weighted by Gasteiger charge is -2.31. The highest BCUT2D eigenvalue weighted by molar-refractivity contribution is 6.05. The number of morpholine rings is 1. The van der Waals surface area contributed by atoms with Crippen LogP contribution in [0.1, 0.15) is 22.8 Å². The van der Waals surface area contributed by atoms with Crippen molar-refractivity contribution >= 4 is 23.2 Å². The maximum absolute atomic E-state index is 13.9. The fourth-order valence-corrected chi connectivity index (χ4v) is 4.43. The van der Waals surface area contributed by atoms with Gasteiger partial charge in [-0.2, -0.15) is 18.2 Å². The first-order valence-electron chi connectivity index (χ1n) is 12.9. The molecule has 2 aromatic carbocycles. The summed E-state index contributed by atoms with van der Waals surface area (Å²) in [5.41, 5.74) is 0.0768. The molecule has 41 heavy (non-hydrogen) atoms. The summed E-state index contributed by atoms with van der Waals surface area (Å²) in [6.07, 6.45) is -0.317. The van der Waals surface area contributed by atoms with E-state index < -0.39 is 23.8 Å². The van der Waals surface area contributed by atoms with Crippen molar-refractivity contribution in [2.75, 3.05) is 48.4 Å². The largest absolute Gasteiger partial charge is 0.418 e. The molecular formula is C28H28F3N7O3. The second kappa shape index (κ2) is 11.9. The summed E-state index contributed by atoms with van der Waals surface area (Å²) in [4.78, 5) is 27.7. The SMILES string of the molecule is CC(O)CNc1nccc(-n2ccnc2-c2cccc(NC(=O)c3ccc(N4CCOCC4)c(C(F)(F)F)c3)c2)n1. The Balaban J connectivity index is 1.37. The number of nitrogens with zero attached hydrogens (tertiary/aromatic N) is 5. The zero-order valence-corrected chi connectivity index (χ0v) is 22.1. The zero-order chi connectivity index (χ0) is 29.0. The number of carbonyl (C=O) groups is 1. The van der Waals surface area contributed by atoms with E-state index in [-0.39, 0.29) is 17.8 Å². The van der Waals surface area contributed by atoms with Crippen LogP contribution in [0.15, 0.2) is 67.1 Å². The predicted molar refractivity (Wildman–Crippen MR) is 147 cm³/mol. The highest BCUT2D eigenvalue weighted by Crippen LogP contribution is 2.38. The molecule has 3 N–H and O–H groups in total. The summed E-state index contributed by atoms with van der Waals surface area (Å²) in [6, 6.07) is 12.1. The maximum Gasteiger partial charge on any atom is 0.418 e. The number of carbonyl (C=O) groups excluding carboxylic acids is 1. The van der Waals surface area contributed by atoms with E-state index in [9.17, 15) is 23.1 Å². The summed E-state index contributed by atoms with van der Waals surface area (Å²) in [5.74, 6) is 0.710. The van der Waals surface area contributed by atoms with E-state index in [2.05, 4.69) is 25.6 Å². The minimum absolute atomic E-state index is 0.0279. The molecular weight excluding hydrogens is 539 g/mol. The molecule has 1 fully saturated rings. The summed E-state index contributed by atoms with van der Waals surface area (Å²) >= 11 is 0. The number of aliphatic hydroxyl groups excluding tert-OH is 1. The lowest BCUT2D eigenvalue weighted by Crippen LogP contribution is -2.37. The molecule has 0 aliphatic carbocycles. The summed E-state index contributed by atoms with van der Waals surface area (Å²) < 4.78 is 48.8. The van der Waals surface area contributed by atoms with Gasteiger partial charge in [-0.05, 0) is 43.3 Å². The first-order chi connectivity index (χ1) is 19.7. The van der Waals surface area contributed by atoms with Crippen molar-refractivity contribution in [2.24, 2.45) is 0 Å². The summed E-state index contributed by atoms with van der Waals surface area (Å²) in [5, 5.41) is 15.2. The summed E-state index contributed by atoms with van der Waals surface area (Å²) in [6.45, 7) is 3.28. The fourth-order valence-electron chi connectivity index (χ4n) is 4.43. The third-order valence-electron chi connectivity index (χ3n) is 6.38. The van der Waals surface area contributed by atoms with Crippen LogP contribution in [0.4, 0.5) is 30.5 Å². The maximum atomic E-state index is 13.9. The highest BCUT2D eigenvalue weighted by atomic mass is 19.4. The van der Waals surface area contributed by atoms with Gasteiger partial charge in [0.25, 0.3) is 5.91 Å². The van der Waals surface area contributed by atoms with Crippen LogP contribution in [-0.2, 0) is 10.9 Å². The van der Waals surface area contributed by atoms with Gasteiger partial charge >= 0.3 is 6.18 Å². The van der Waals surface area contributed by atoms with E-state index >= 15 is 0 Å². The smallest absolute Gasteiger partial charge is 0.392 e. The summed E-state index contributed by atoms with van der Waals surface area (Å²) in [7, 11) is 0. The molecule has 0 bridgehead atoms.